The molecule has 20 heavy (non-hydrogen) atoms. The Morgan fingerprint density at radius 1 is 1.40 bits per heavy atom. The fourth-order valence-corrected chi connectivity index (χ4v) is 2.33. The van der Waals surface area contributed by atoms with E-state index in [0.717, 1.165) is 0 Å². The molecular formula is C14H15N3O3. The van der Waals surface area contributed by atoms with Gasteiger partial charge in [0.2, 0.25) is 5.91 Å². The van der Waals surface area contributed by atoms with Gasteiger partial charge in [0.25, 0.3) is 5.89 Å². The summed E-state index contributed by atoms with van der Waals surface area (Å²) in [6.07, 6.45) is 0. The average Bonchev–Trinajstić information content (AvgIpc) is 2.85. The molecule has 1 saturated heterocycles. The molecule has 0 saturated carbocycles. The lowest BCUT2D eigenvalue weighted by Gasteiger charge is -2.40. The molecule has 6 heteroatoms. The third-order valence-corrected chi connectivity index (χ3v) is 3.57. The van der Waals surface area contributed by atoms with E-state index in [2.05, 4.69) is 10.3 Å². The Labute approximate surface area is 115 Å². The largest absolute Gasteiger partial charge is 0.432 e. The van der Waals surface area contributed by atoms with Crippen LogP contribution in [0, 0.1) is 0 Å². The predicted octanol–water partition coefficient (Wildman–Crippen LogP) is 1.18. The van der Waals surface area contributed by atoms with Crippen molar-refractivity contribution >= 4 is 22.9 Å². The van der Waals surface area contributed by atoms with Crippen LogP contribution in [0.2, 0.25) is 0 Å². The average molecular weight is 273 g/mol. The highest BCUT2D eigenvalue weighted by molar-refractivity contribution is 5.98. The minimum atomic E-state index is -0.907. The molecule has 1 fully saturated rings. The molecule has 104 valence electrons. The molecule has 2 amide bonds. The predicted molar refractivity (Wildman–Crippen MR) is 72.1 cm³/mol. The van der Waals surface area contributed by atoms with Crippen molar-refractivity contribution in [2.45, 2.75) is 19.4 Å². The quantitative estimate of drug-likeness (QED) is 0.846. The Balaban J connectivity index is 1.97. The number of nitrogens with one attached hydrogen (secondary N) is 1. The van der Waals surface area contributed by atoms with E-state index < -0.39 is 5.54 Å². The third-order valence-electron chi connectivity index (χ3n) is 3.57. The molecule has 0 aliphatic carbocycles. The highest BCUT2D eigenvalue weighted by Gasteiger charge is 2.42. The first-order valence-electron chi connectivity index (χ1n) is 6.46. The molecule has 2 heterocycles. The maximum absolute atomic E-state index is 12.5. The van der Waals surface area contributed by atoms with Gasteiger partial charge in [-0.15, -0.1) is 0 Å². The molecule has 1 aromatic carbocycles. The van der Waals surface area contributed by atoms with Crippen LogP contribution in [0.15, 0.2) is 28.7 Å². The summed E-state index contributed by atoms with van der Waals surface area (Å²) < 4.78 is 5.48. The van der Waals surface area contributed by atoms with Crippen molar-refractivity contribution in [1.82, 2.24) is 15.2 Å². The Kier molecular flexibility index (Phi) is 2.74. The van der Waals surface area contributed by atoms with Crippen molar-refractivity contribution in [2.75, 3.05) is 13.1 Å². The number of piperazine rings is 1. The summed E-state index contributed by atoms with van der Waals surface area (Å²) in [5.41, 5.74) is 0.293. The molecule has 3 rings (SSSR count). The van der Waals surface area contributed by atoms with Crippen LogP contribution in [0.5, 0.6) is 0 Å². The number of aromatic nitrogens is 1. The van der Waals surface area contributed by atoms with Gasteiger partial charge >= 0.3 is 5.91 Å². The first-order valence-corrected chi connectivity index (χ1v) is 6.46. The van der Waals surface area contributed by atoms with Crippen LogP contribution in [0.25, 0.3) is 11.1 Å². The number of para-hydroxylation sites is 2. The number of carbonyl (C=O) groups is 2. The second-order valence-electron chi connectivity index (χ2n) is 5.26. The molecule has 1 aromatic heterocycles. The van der Waals surface area contributed by atoms with E-state index in [1.165, 1.54) is 4.90 Å². The third kappa shape index (κ3) is 1.84. The minimum absolute atomic E-state index is 0.0222. The molecule has 0 radical (unpaired) electrons. The summed E-state index contributed by atoms with van der Waals surface area (Å²) in [4.78, 5) is 30.1. The minimum Gasteiger partial charge on any atom is -0.432 e. The number of benzene rings is 1. The van der Waals surface area contributed by atoms with Crippen LogP contribution in [0.1, 0.15) is 24.5 Å². The van der Waals surface area contributed by atoms with Crippen molar-refractivity contribution in [3.05, 3.63) is 30.2 Å². The van der Waals surface area contributed by atoms with Crippen LogP contribution in [0.4, 0.5) is 0 Å². The van der Waals surface area contributed by atoms with Gasteiger partial charge in [-0.3, -0.25) is 9.59 Å². The summed E-state index contributed by atoms with van der Waals surface area (Å²) in [6.45, 7) is 4.30. The van der Waals surface area contributed by atoms with E-state index in [9.17, 15) is 9.59 Å². The zero-order valence-electron chi connectivity index (χ0n) is 11.3. The monoisotopic (exact) mass is 273 g/mol. The number of carbonyl (C=O) groups excluding carboxylic acids is 2. The highest BCUT2D eigenvalue weighted by atomic mass is 16.4. The van der Waals surface area contributed by atoms with Crippen LogP contribution in [0.3, 0.4) is 0 Å². The highest BCUT2D eigenvalue weighted by Crippen LogP contribution is 2.22. The van der Waals surface area contributed by atoms with Gasteiger partial charge in [0.15, 0.2) is 5.58 Å². The molecule has 0 unspecified atom stereocenters. The lowest BCUT2D eigenvalue weighted by molar-refractivity contribution is -0.133. The zero-order chi connectivity index (χ0) is 14.3. The lowest BCUT2D eigenvalue weighted by atomic mass is 9.99. The molecule has 1 aliphatic heterocycles. The van der Waals surface area contributed by atoms with Gasteiger partial charge < -0.3 is 14.6 Å². The molecule has 0 bridgehead atoms. The van der Waals surface area contributed by atoms with Crippen LogP contribution < -0.4 is 5.32 Å². The number of oxazole rings is 1. The lowest BCUT2D eigenvalue weighted by Crippen LogP contribution is -2.63. The number of nitrogens with zero attached hydrogens (tertiary/aromatic N) is 2. The topological polar surface area (TPSA) is 75.4 Å². The van der Waals surface area contributed by atoms with Gasteiger partial charge in [-0.2, -0.15) is 0 Å². The van der Waals surface area contributed by atoms with Crippen LogP contribution >= 0.6 is 0 Å². The van der Waals surface area contributed by atoms with E-state index in [4.69, 9.17) is 4.42 Å². The standard InChI is InChI=1S/C14H15N3O3/c1-14(2)13(19)15-7-8-17(14)12(18)11-16-9-5-3-4-6-10(9)20-11/h3-6H,7-8H2,1-2H3,(H,15,19). The number of fused-ring (bicyclic) bond motifs is 1. The smallest absolute Gasteiger partial charge is 0.310 e. The van der Waals surface area contributed by atoms with Crippen molar-refractivity contribution in [2.24, 2.45) is 0 Å². The molecule has 1 aliphatic rings. The van der Waals surface area contributed by atoms with Crippen molar-refractivity contribution in [1.29, 1.82) is 0 Å². The molecule has 6 nitrogen and oxygen atoms in total. The van der Waals surface area contributed by atoms with Gasteiger partial charge in [-0.25, -0.2) is 4.98 Å². The molecule has 0 spiro atoms. The Hall–Kier alpha value is -2.37. The second-order valence-corrected chi connectivity index (χ2v) is 5.26. The maximum atomic E-state index is 12.5. The fourth-order valence-electron chi connectivity index (χ4n) is 2.33. The summed E-state index contributed by atoms with van der Waals surface area (Å²) in [5.74, 6) is -0.511. The van der Waals surface area contributed by atoms with Crippen molar-refractivity contribution in [3.63, 3.8) is 0 Å². The summed E-state index contributed by atoms with van der Waals surface area (Å²) >= 11 is 0. The maximum Gasteiger partial charge on any atom is 0.310 e. The van der Waals surface area contributed by atoms with E-state index in [1.54, 1.807) is 26.0 Å². The first-order chi connectivity index (χ1) is 9.50. The normalized spacial score (nSPS) is 18.1. The zero-order valence-corrected chi connectivity index (χ0v) is 11.3. The van der Waals surface area contributed by atoms with Crippen molar-refractivity contribution < 1.29 is 14.0 Å². The van der Waals surface area contributed by atoms with E-state index in [0.29, 0.717) is 24.2 Å². The van der Waals surface area contributed by atoms with Crippen molar-refractivity contribution in [3.8, 4) is 0 Å². The SMILES string of the molecule is CC1(C)C(=O)NCCN1C(=O)c1nc2ccccc2o1. The first kappa shape index (κ1) is 12.7. The van der Waals surface area contributed by atoms with Gasteiger partial charge in [-0.05, 0) is 26.0 Å². The van der Waals surface area contributed by atoms with E-state index >= 15 is 0 Å². The van der Waals surface area contributed by atoms with Crippen LogP contribution in [-0.4, -0.2) is 40.3 Å². The number of rotatable bonds is 1. The van der Waals surface area contributed by atoms with Gasteiger partial charge in [0, 0.05) is 13.1 Å². The Morgan fingerprint density at radius 2 is 2.15 bits per heavy atom. The summed E-state index contributed by atoms with van der Waals surface area (Å²) in [5, 5.41) is 2.75. The number of hydrogen-bond donors (Lipinski definition) is 1. The molecule has 0 atom stereocenters. The Morgan fingerprint density at radius 3 is 2.90 bits per heavy atom. The molecular weight excluding hydrogens is 258 g/mol. The number of amides is 2. The van der Waals surface area contributed by atoms with Gasteiger partial charge in [-0.1, -0.05) is 12.1 Å². The van der Waals surface area contributed by atoms with Crippen LogP contribution in [-0.2, 0) is 4.79 Å². The summed E-state index contributed by atoms with van der Waals surface area (Å²) in [7, 11) is 0. The molecule has 1 N–H and O–H groups in total. The second kappa shape index (κ2) is 4.33. The summed E-state index contributed by atoms with van der Waals surface area (Å²) in [6, 6.07) is 7.19. The molecule has 2 aromatic rings. The Bertz CT molecular complexity index is 657. The van der Waals surface area contributed by atoms with Gasteiger partial charge in [0.1, 0.15) is 11.1 Å². The van der Waals surface area contributed by atoms with Gasteiger partial charge in [0.05, 0.1) is 0 Å². The van der Waals surface area contributed by atoms with E-state index in [1.807, 2.05) is 12.1 Å². The fraction of sp³-hybridized carbons (Fsp3) is 0.357. The van der Waals surface area contributed by atoms with E-state index in [-0.39, 0.29) is 17.7 Å². The number of hydrogen-bond acceptors (Lipinski definition) is 4.